The van der Waals surface area contributed by atoms with Gasteiger partial charge in [-0.1, -0.05) is 45.7 Å². The Balaban J connectivity index is 2.49. The van der Waals surface area contributed by atoms with E-state index in [1.54, 1.807) is 30.3 Å². The van der Waals surface area contributed by atoms with Crippen LogP contribution in [0.15, 0.2) is 46.9 Å². The molecule has 0 aliphatic heterocycles. The molecule has 6 heteroatoms. The van der Waals surface area contributed by atoms with E-state index in [1.807, 2.05) is 0 Å². The van der Waals surface area contributed by atoms with Crippen LogP contribution in [0.3, 0.4) is 0 Å². The van der Waals surface area contributed by atoms with Crippen molar-refractivity contribution < 1.29 is 13.2 Å². The Bertz CT molecular complexity index is 611. The van der Waals surface area contributed by atoms with Gasteiger partial charge in [-0.25, -0.2) is 0 Å². The fraction of sp³-hybridized carbons (Fsp3) is 0.143. The van der Waals surface area contributed by atoms with Gasteiger partial charge in [0.1, 0.15) is 0 Å². The molecule has 1 unspecified atom stereocenters. The maximum atomic E-state index is 13.1. The van der Waals surface area contributed by atoms with Gasteiger partial charge in [0.05, 0.1) is 11.6 Å². The first kappa shape index (κ1) is 15.4. The average Bonchev–Trinajstić information content (AvgIpc) is 2.38. The quantitative estimate of drug-likeness (QED) is 0.782. The molecule has 0 bridgehead atoms. The molecule has 0 saturated heterocycles. The Labute approximate surface area is 127 Å². The number of nitrogens with two attached hydrogens (primary N) is 1. The van der Waals surface area contributed by atoms with Crippen LogP contribution in [0.5, 0.6) is 0 Å². The summed E-state index contributed by atoms with van der Waals surface area (Å²) in [4.78, 5) is 0. The lowest BCUT2D eigenvalue weighted by Gasteiger charge is -2.19. The molecule has 0 aromatic heterocycles. The Kier molecular flexibility index (Phi) is 4.42. The zero-order chi connectivity index (χ0) is 14.9. The van der Waals surface area contributed by atoms with Crippen molar-refractivity contribution >= 4 is 27.5 Å². The molecule has 2 aromatic carbocycles. The maximum Gasteiger partial charge on any atom is 0.416 e. The third-order valence-electron chi connectivity index (χ3n) is 2.88. The zero-order valence-electron chi connectivity index (χ0n) is 10.1. The number of halogens is 5. The molecule has 1 atom stereocenters. The van der Waals surface area contributed by atoms with Gasteiger partial charge in [0.15, 0.2) is 0 Å². The molecule has 0 heterocycles. The highest BCUT2D eigenvalue weighted by molar-refractivity contribution is 9.10. The van der Waals surface area contributed by atoms with Crippen LogP contribution in [0.1, 0.15) is 22.7 Å². The number of alkyl halides is 3. The van der Waals surface area contributed by atoms with E-state index < -0.39 is 17.8 Å². The van der Waals surface area contributed by atoms with Gasteiger partial charge in [-0.05, 0) is 35.4 Å². The van der Waals surface area contributed by atoms with Crippen LogP contribution >= 0.6 is 27.5 Å². The Hall–Kier alpha value is -1.04. The lowest BCUT2D eigenvalue weighted by molar-refractivity contribution is -0.138. The first-order chi connectivity index (χ1) is 9.29. The molecule has 2 rings (SSSR count). The summed E-state index contributed by atoms with van der Waals surface area (Å²) in [5, 5.41) is 0.507. The van der Waals surface area contributed by atoms with E-state index in [1.165, 1.54) is 6.07 Å². The highest BCUT2D eigenvalue weighted by Crippen LogP contribution is 2.37. The van der Waals surface area contributed by atoms with Gasteiger partial charge >= 0.3 is 6.18 Å². The smallest absolute Gasteiger partial charge is 0.320 e. The van der Waals surface area contributed by atoms with Crippen molar-refractivity contribution in [2.45, 2.75) is 12.2 Å². The van der Waals surface area contributed by atoms with Gasteiger partial charge in [-0.3, -0.25) is 0 Å². The fourth-order valence-corrected chi connectivity index (χ4v) is 2.38. The van der Waals surface area contributed by atoms with Crippen molar-refractivity contribution in [2.75, 3.05) is 0 Å². The lowest BCUT2D eigenvalue weighted by Crippen LogP contribution is -2.18. The molecule has 0 aliphatic rings. The van der Waals surface area contributed by atoms with E-state index in [4.69, 9.17) is 17.3 Å². The largest absolute Gasteiger partial charge is 0.416 e. The van der Waals surface area contributed by atoms with Crippen LogP contribution in [0.4, 0.5) is 13.2 Å². The molecule has 0 fully saturated rings. The van der Waals surface area contributed by atoms with Crippen molar-refractivity contribution in [1.29, 1.82) is 0 Å². The topological polar surface area (TPSA) is 26.0 Å². The number of benzene rings is 2. The third-order valence-corrected chi connectivity index (χ3v) is 3.63. The summed E-state index contributed by atoms with van der Waals surface area (Å²) >= 11 is 8.81. The van der Waals surface area contributed by atoms with E-state index in [-0.39, 0.29) is 5.56 Å². The van der Waals surface area contributed by atoms with Gasteiger partial charge in [-0.15, -0.1) is 0 Å². The minimum atomic E-state index is -4.46. The molecule has 0 saturated carbocycles. The number of rotatable bonds is 2. The van der Waals surface area contributed by atoms with Gasteiger partial charge in [-0.2, -0.15) is 13.2 Å². The second-order valence-corrected chi connectivity index (χ2v) is 5.61. The summed E-state index contributed by atoms with van der Waals surface area (Å²) in [6.45, 7) is 0. The van der Waals surface area contributed by atoms with E-state index in [0.717, 1.165) is 6.07 Å². The Morgan fingerprint density at radius 3 is 2.20 bits per heavy atom. The highest BCUT2D eigenvalue weighted by atomic mass is 79.9. The SMILES string of the molecule is NC(c1ccc(Cl)cc1)c1ccc(Br)cc1C(F)(F)F. The average molecular weight is 365 g/mol. The second kappa shape index (κ2) is 5.76. The molecule has 0 aliphatic carbocycles. The Morgan fingerprint density at radius 2 is 1.65 bits per heavy atom. The molecular weight excluding hydrogens is 355 g/mol. The molecular formula is C14H10BrClF3N. The lowest BCUT2D eigenvalue weighted by atomic mass is 9.95. The molecule has 1 nitrogen and oxygen atoms in total. The van der Waals surface area contributed by atoms with E-state index in [9.17, 15) is 13.2 Å². The third kappa shape index (κ3) is 3.34. The standard InChI is InChI=1S/C14H10BrClF3N/c15-9-3-6-11(12(7-9)14(17,18)19)13(20)8-1-4-10(16)5-2-8/h1-7,13H,20H2. The number of hydrogen-bond acceptors (Lipinski definition) is 1. The molecule has 0 spiro atoms. The van der Waals surface area contributed by atoms with Crippen molar-refractivity contribution in [1.82, 2.24) is 0 Å². The first-order valence-corrected chi connectivity index (χ1v) is 6.84. The molecule has 0 amide bonds. The predicted molar refractivity (Wildman–Crippen MR) is 76.6 cm³/mol. The summed E-state index contributed by atoms with van der Waals surface area (Å²) in [5.74, 6) is 0. The first-order valence-electron chi connectivity index (χ1n) is 5.66. The van der Waals surface area contributed by atoms with Gasteiger partial charge in [0.25, 0.3) is 0 Å². The van der Waals surface area contributed by atoms with E-state index >= 15 is 0 Å². The predicted octanol–water partition coefficient (Wildman–Crippen LogP) is 5.17. The van der Waals surface area contributed by atoms with Crippen LogP contribution in [-0.2, 0) is 6.18 Å². The molecule has 106 valence electrons. The second-order valence-electron chi connectivity index (χ2n) is 4.26. The highest BCUT2D eigenvalue weighted by Gasteiger charge is 2.35. The van der Waals surface area contributed by atoms with Crippen molar-refractivity contribution in [3.63, 3.8) is 0 Å². The van der Waals surface area contributed by atoms with E-state index in [0.29, 0.717) is 15.1 Å². The zero-order valence-corrected chi connectivity index (χ0v) is 12.4. The van der Waals surface area contributed by atoms with Crippen LogP contribution in [0.2, 0.25) is 5.02 Å². The minimum Gasteiger partial charge on any atom is -0.320 e. The summed E-state index contributed by atoms with van der Waals surface area (Å²) < 4.78 is 39.6. The van der Waals surface area contributed by atoms with Crippen LogP contribution < -0.4 is 5.73 Å². The summed E-state index contributed by atoms with van der Waals surface area (Å²) in [6.07, 6.45) is -4.46. The van der Waals surface area contributed by atoms with Gasteiger partial charge < -0.3 is 5.73 Å². The summed E-state index contributed by atoms with van der Waals surface area (Å²) in [7, 11) is 0. The van der Waals surface area contributed by atoms with Crippen molar-refractivity contribution in [3.8, 4) is 0 Å². The number of hydrogen-bond donors (Lipinski definition) is 1. The maximum absolute atomic E-state index is 13.1. The van der Waals surface area contributed by atoms with Crippen LogP contribution in [0.25, 0.3) is 0 Å². The van der Waals surface area contributed by atoms with Gasteiger partial charge in [0.2, 0.25) is 0 Å². The molecule has 0 radical (unpaired) electrons. The normalized spacial score (nSPS) is 13.3. The van der Waals surface area contributed by atoms with E-state index in [2.05, 4.69) is 15.9 Å². The summed E-state index contributed by atoms with van der Waals surface area (Å²) in [6, 6.07) is 9.53. The van der Waals surface area contributed by atoms with Crippen molar-refractivity contribution in [2.24, 2.45) is 5.73 Å². The van der Waals surface area contributed by atoms with Gasteiger partial charge in [0, 0.05) is 9.50 Å². The monoisotopic (exact) mass is 363 g/mol. The fourth-order valence-electron chi connectivity index (χ4n) is 1.89. The molecule has 2 aromatic rings. The minimum absolute atomic E-state index is 0.0306. The van der Waals surface area contributed by atoms with Crippen LogP contribution in [0, 0.1) is 0 Å². The van der Waals surface area contributed by atoms with Crippen molar-refractivity contribution in [3.05, 3.63) is 68.7 Å². The molecule has 20 heavy (non-hydrogen) atoms. The summed E-state index contributed by atoms with van der Waals surface area (Å²) in [5.41, 5.74) is 5.82. The van der Waals surface area contributed by atoms with Crippen LogP contribution in [-0.4, -0.2) is 0 Å². The Morgan fingerprint density at radius 1 is 1.05 bits per heavy atom. The molecule has 2 N–H and O–H groups in total.